The molecule has 1 saturated heterocycles. The number of benzene rings is 1. The van der Waals surface area contributed by atoms with Crippen molar-refractivity contribution in [3.63, 3.8) is 0 Å². The zero-order valence-electron chi connectivity index (χ0n) is 20.4. The Kier molecular flexibility index (Phi) is 6.96. The van der Waals surface area contributed by atoms with Gasteiger partial charge in [0.1, 0.15) is 0 Å². The molecule has 1 aliphatic heterocycles. The maximum atomic E-state index is 13.0. The molecule has 3 aromatic heterocycles. The first-order chi connectivity index (χ1) is 16.9. The number of aromatic nitrogens is 6. The van der Waals surface area contributed by atoms with Gasteiger partial charge in [0.05, 0.1) is 5.69 Å². The van der Waals surface area contributed by atoms with E-state index in [1.54, 1.807) is 4.52 Å². The molecule has 4 aromatic rings. The van der Waals surface area contributed by atoms with Crippen LogP contribution < -0.4 is 3.12 Å². The van der Waals surface area contributed by atoms with Crippen molar-refractivity contribution in [1.29, 1.82) is 0 Å². The molecule has 1 fully saturated rings. The molecule has 3 radical (unpaired) electrons. The van der Waals surface area contributed by atoms with Gasteiger partial charge in [-0.3, -0.25) is 0 Å². The molecule has 0 unspecified atom stereocenters. The topological polar surface area (TPSA) is 84.4 Å². The normalized spacial score (nSPS) is 14.7. The molecule has 0 bridgehead atoms. The molecule has 0 saturated carbocycles. The van der Waals surface area contributed by atoms with Crippen LogP contribution >= 0.6 is 0 Å². The first-order valence-corrected chi connectivity index (χ1v) is 13.9. The van der Waals surface area contributed by atoms with Crippen LogP contribution in [0.25, 0.3) is 11.5 Å². The van der Waals surface area contributed by atoms with Gasteiger partial charge in [-0.15, -0.1) is 15.3 Å². The summed E-state index contributed by atoms with van der Waals surface area (Å²) in [5, 5.41) is 17.5. The third kappa shape index (κ3) is 5.15. The summed E-state index contributed by atoms with van der Waals surface area (Å²) in [5.41, 5.74) is 5.14. The molecule has 9 nitrogen and oxygen atoms in total. The molecule has 0 atom stereocenters. The average Bonchev–Trinajstić information content (AvgIpc) is 3.36. The number of hydrogen-bond donors (Lipinski definition) is 0. The summed E-state index contributed by atoms with van der Waals surface area (Å²) >= 11 is 1.08. The summed E-state index contributed by atoms with van der Waals surface area (Å²) < 4.78 is 4.99. The Morgan fingerprint density at radius 2 is 1.80 bits per heavy atom. The van der Waals surface area contributed by atoms with E-state index in [2.05, 4.69) is 44.5 Å². The van der Waals surface area contributed by atoms with Crippen LogP contribution in [0.15, 0.2) is 36.4 Å². The second-order valence-corrected chi connectivity index (χ2v) is 11.4. The van der Waals surface area contributed by atoms with Crippen LogP contribution in [0, 0.1) is 20.8 Å². The number of fused-ring (bicyclic) bond motifs is 1. The molecule has 1 amide bonds. The monoisotopic (exact) mass is 665 g/mol. The second kappa shape index (κ2) is 10.1. The van der Waals surface area contributed by atoms with Crippen LogP contribution in [-0.2, 0) is 17.8 Å². The summed E-state index contributed by atoms with van der Waals surface area (Å²) in [6, 6.07) is 12.6. The van der Waals surface area contributed by atoms with Crippen LogP contribution in [0.2, 0.25) is 0 Å². The van der Waals surface area contributed by atoms with E-state index in [1.165, 1.54) is 8.69 Å². The maximum absolute atomic E-state index is 13.0. The van der Waals surface area contributed by atoms with E-state index >= 15 is 0 Å². The minimum atomic E-state index is 0.220. The standard InChI is InChI=1S/C25H29N8O.Pb/c1-18-22(19(2)32(28-18)24-11-10-23-27-26-20(3)33(23)29-24)9-12-25(34)31-15-13-30(14-16-31)17-21-7-5-4-6-8-21;/h4-5,7-8,10-11H,9,12-17H2,1-3H3;. The van der Waals surface area contributed by atoms with Crippen LogP contribution in [0.5, 0.6) is 0 Å². The molecule has 179 valence electrons. The third-order valence-corrected chi connectivity index (χ3v) is 7.92. The Labute approximate surface area is 220 Å². The minimum absolute atomic E-state index is 0.220. The average molecular weight is 665 g/mol. The van der Waals surface area contributed by atoms with Gasteiger partial charge in [-0.1, -0.05) is 0 Å². The van der Waals surface area contributed by atoms with Crippen molar-refractivity contribution >= 4 is 40.4 Å². The van der Waals surface area contributed by atoms with E-state index in [9.17, 15) is 4.79 Å². The molecular formula is C25H29N8OPb. The Morgan fingerprint density at radius 3 is 2.57 bits per heavy atom. The van der Waals surface area contributed by atoms with E-state index < -0.39 is 0 Å². The van der Waals surface area contributed by atoms with Gasteiger partial charge in [-0.2, -0.15) is 9.61 Å². The Morgan fingerprint density at radius 1 is 1.00 bits per heavy atom. The van der Waals surface area contributed by atoms with Crippen molar-refractivity contribution < 1.29 is 4.79 Å². The Bertz CT molecular complexity index is 1370. The molecule has 1 aromatic carbocycles. The van der Waals surface area contributed by atoms with Crippen molar-refractivity contribution in [2.24, 2.45) is 0 Å². The van der Waals surface area contributed by atoms with E-state index in [-0.39, 0.29) is 5.91 Å². The predicted octanol–water partition coefficient (Wildman–Crippen LogP) is 1.31. The van der Waals surface area contributed by atoms with Crippen molar-refractivity contribution in [2.75, 3.05) is 26.2 Å². The number of carbonyl (C=O) groups excluding carboxylic acids is 1. The quantitative estimate of drug-likeness (QED) is 0.289. The van der Waals surface area contributed by atoms with Crippen LogP contribution in [0.3, 0.4) is 0 Å². The summed E-state index contributed by atoms with van der Waals surface area (Å²) in [6.45, 7) is 10.3. The summed E-state index contributed by atoms with van der Waals surface area (Å²) in [4.78, 5) is 17.4. The first kappa shape index (κ1) is 24.0. The van der Waals surface area contributed by atoms with Crippen molar-refractivity contribution in [1.82, 2.24) is 39.4 Å². The van der Waals surface area contributed by atoms with Gasteiger partial charge < -0.3 is 0 Å². The number of hydrogen-bond acceptors (Lipinski definition) is 6. The molecule has 10 heteroatoms. The van der Waals surface area contributed by atoms with Gasteiger partial charge in [0.15, 0.2) is 17.3 Å². The van der Waals surface area contributed by atoms with E-state index in [1.807, 2.05) is 42.5 Å². The van der Waals surface area contributed by atoms with Gasteiger partial charge in [0.25, 0.3) is 0 Å². The molecule has 0 spiro atoms. The summed E-state index contributed by atoms with van der Waals surface area (Å²) in [7, 11) is 0. The van der Waals surface area contributed by atoms with Crippen molar-refractivity contribution in [2.45, 2.75) is 40.2 Å². The van der Waals surface area contributed by atoms with Crippen molar-refractivity contribution in [3.05, 3.63) is 64.7 Å². The molecule has 0 N–H and O–H groups in total. The number of carbonyl (C=O) groups is 1. The zero-order chi connectivity index (χ0) is 24.5. The van der Waals surface area contributed by atoms with Gasteiger partial charge in [-0.25, -0.2) is 4.68 Å². The van der Waals surface area contributed by atoms with Gasteiger partial charge in [-0.05, 0) is 32.9 Å². The van der Waals surface area contributed by atoms with Gasteiger partial charge in [0, 0.05) is 5.69 Å². The SMILES string of the molecule is Cc1nn(-c2ccc3nnc(C)n3n2)c(C)c1CCC(=O)N1CCN(Cc2ccc[c]([Pb])c2)CC1. The molecular weight excluding hydrogens is 636 g/mol. The number of piperazine rings is 1. The van der Waals surface area contributed by atoms with E-state index in [0.29, 0.717) is 24.3 Å². The number of amides is 1. The molecule has 0 aliphatic carbocycles. The summed E-state index contributed by atoms with van der Waals surface area (Å²) in [6.07, 6.45) is 1.17. The number of nitrogens with zero attached hydrogens (tertiary/aromatic N) is 8. The first-order valence-electron chi connectivity index (χ1n) is 11.9. The van der Waals surface area contributed by atoms with Gasteiger partial charge in [0.2, 0.25) is 0 Å². The fourth-order valence-corrected chi connectivity index (χ4v) is 5.83. The molecule has 35 heavy (non-hydrogen) atoms. The van der Waals surface area contributed by atoms with E-state index in [0.717, 1.165) is 81.3 Å². The van der Waals surface area contributed by atoms with Crippen LogP contribution in [-0.4, -0.2) is 97.2 Å². The zero-order valence-corrected chi connectivity index (χ0v) is 24.3. The number of aryl methyl sites for hydroxylation is 2. The second-order valence-electron chi connectivity index (χ2n) is 9.13. The summed E-state index contributed by atoms with van der Waals surface area (Å²) in [5.74, 6) is 1.66. The van der Waals surface area contributed by atoms with Crippen LogP contribution in [0.1, 0.15) is 34.8 Å². The fraction of sp³-hybridized carbons (Fsp3) is 0.400. The van der Waals surface area contributed by atoms with Crippen molar-refractivity contribution in [3.8, 4) is 5.82 Å². The van der Waals surface area contributed by atoms with E-state index in [4.69, 9.17) is 5.10 Å². The van der Waals surface area contributed by atoms with Crippen LogP contribution in [0.4, 0.5) is 0 Å². The Hall–Kier alpha value is -2.67. The Balaban J connectivity index is 1.19. The van der Waals surface area contributed by atoms with Gasteiger partial charge >= 0.3 is 130 Å². The fourth-order valence-electron chi connectivity index (χ4n) is 4.73. The predicted molar refractivity (Wildman–Crippen MR) is 134 cm³/mol. The number of rotatable bonds is 6. The molecule has 5 rings (SSSR count). The molecule has 1 aliphatic rings. The third-order valence-electron chi connectivity index (χ3n) is 6.71. The molecule has 4 heterocycles.